The summed E-state index contributed by atoms with van der Waals surface area (Å²) in [6.45, 7) is 1.61. The molecule has 68 valence electrons. The van der Waals surface area contributed by atoms with Gasteiger partial charge in [-0.25, -0.2) is 0 Å². The molecule has 4 heteroatoms. The molecule has 2 rings (SSSR count). The van der Waals surface area contributed by atoms with Gasteiger partial charge in [-0.3, -0.25) is 5.10 Å². The van der Waals surface area contributed by atoms with Crippen LogP contribution in [0, 0.1) is 0 Å². The number of rotatable bonds is 4. The molecule has 0 bridgehead atoms. The molecule has 2 N–H and O–H groups in total. The van der Waals surface area contributed by atoms with Crippen molar-refractivity contribution in [1.29, 1.82) is 0 Å². The minimum absolute atomic E-state index is 0.797. The molecule has 4 nitrogen and oxygen atoms in total. The first-order chi connectivity index (χ1) is 6.45. The molecule has 0 radical (unpaired) electrons. The topological polar surface area (TPSA) is 53.9 Å². The van der Waals surface area contributed by atoms with Crippen LogP contribution < -0.4 is 5.32 Å². The van der Waals surface area contributed by atoms with E-state index in [9.17, 15) is 0 Å². The summed E-state index contributed by atoms with van der Waals surface area (Å²) in [7, 11) is 0. The number of aromatic nitrogens is 2. The maximum absolute atomic E-state index is 4.94. The number of nitrogens with one attached hydrogen (secondary N) is 2. The molecule has 0 saturated heterocycles. The van der Waals surface area contributed by atoms with Gasteiger partial charge in [0.2, 0.25) is 0 Å². The molecule has 0 fully saturated rings. The van der Waals surface area contributed by atoms with Gasteiger partial charge in [0.1, 0.15) is 0 Å². The Morgan fingerprint density at radius 1 is 1.38 bits per heavy atom. The predicted octanol–water partition coefficient (Wildman–Crippen LogP) is 1.29. The van der Waals surface area contributed by atoms with Gasteiger partial charge in [-0.1, -0.05) is 0 Å². The van der Waals surface area contributed by atoms with Gasteiger partial charge in [-0.2, -0.15) is 5.10 Å². The second-order valence-electron chi connectivity index (χ2n) is 2.82. The first-order valence-electron chi connectivity index (χ1n) is 4.15. The fourth-order valence-electron chi connectivity index (χ4n) is 1.12. The van der Waals surface area contributed by atoms with Crippen molar-refractivity contribution in [3.05, 3.63) is 42.1 Å². The molecule has 0 unspecified atom stereocenters. The van der Waals surface area contributed by atoms with Crippen molar-refractivity contribution < 1.29 is 4.42 Å². The molecule has 0 aliphatic heterocycles. The van der Waals surface area contributed by atoms with E-state index in [1.54, 1.807) is 18.7 Å². The highest BCUT2D eigenvalue weighted by molar-refractivity contribution is 5.05. The zero-order valence-corrected chi connectivity index (χ0v) is 7.16. The Morgan fingerprint density at radius 3 is 3.08 bits per heavy atom. The molecule has 0 spiro atoms. The lowest BCUT2D eigenvalue weighted by atomic mass is 10.3. The third kappa shape index (κ3) is 2.19. The van der Waals surface area contributed by atoms with Gasteiger partial charge in [0.15, 0.2) is 0 Å². The summed E-state index contributed by atoms with van der Waals surface area (Å²) in [5, 5.41) is 9.99. The van der Waals surface area contributed by atoms with E-state index in [0.29, 0.717) is 0 Å². The standard InChI is InChI=1S/C9H11N3O/c1-3-11-12-9(1)6-10-5-8-2-4-13-7-8/h1-4,7,10H,5-6H2,(H,11,12). The van der Waals surface area contributed by atoms with E-state index in [1.165, 1.54) is 0 Å². The second-order valence-corrected chi connectivity index (χ2v) is 2.82. The number of nitrogens with zero attached hydrogens (tertiary/aromatic N) is 1. The molecule has 0 aliphatic carbocycles. The fraction of sp³-hybridized carbons (Fsp3) is 0.222. The van der Waals surface area contributed by atoms with Crippen LogP contribution in [0.3, 0.4) is 0 Å². The second kappa shape index (κ2) is 3.91. The molecule has 2 heterocycles. The van der Waals surface area contributed by atoms with Gasteiger partial charge in [0.25, 0.3) is 0 Å². The Labute approximate surface area is 76.0 Å². The van der Waals surface area contributed by atoms with E-state index in [4.69, 9.17) is 4.42 Å². The van der Waals surface area contributed by atoms with Gasteiger partial charge in [-0.15, -0.1) is 0 Å². The summed E-state index contributed by atoms with van der Waals surface area (Å²) in [6.07, 6.45) is 5.15. The SMILES string of the molecule is c1cc(CNCc2ccoc2)[nH]n1. The number of aromatic amines is 1. The van der Waals surface area contributed by atoms with Crippen molar-refractivity contribution in [2.45, 2.75) is 13.1 Å². The van der Waals surface area contributed by atoms with Crippen LogP contribution in [0.1, 0.15) is 11.3 Å². The van der Waals surface area contributed by atoms with E-state index in [-0.39, 0.29) is 0 Å². The summed E-state index contributed by atoms with van der Waals surface area (Å²) in [4.78, 5) is 0. The van der Waals surface area contributed by atoms with Gasteiger partial charge in [0.05, 0.1) is 12.5 Å². The lowest BCUT2D eigenvalue weighted by Crippen LogP contribution is -2.12. The zero-order valence-electron chi connectivity index (χ0n) is 7.16. The van der Waals surface area contributed by atoms with E-state index < -0.39 is 0 Å². The molecule has 2 aromatic heterocycles. The maximum atomic E-state index is 4.94. The average molecular weight is 177 g/mol. The van der Waals surface area contributed by atoms with Crippen molar-refractivity contribution in [3.63, 3.8) is 0 Å². The van der Waals surface area contributed by atoms with Gasteiger partial charge in [-0.05, 0) is 12.1 Å². The van der Waals surface area contributed by atoms with Gasteiger partial charge in [0, 0.05) is 30.5 Å². The van der Waals surface area contributed by atoms with E-state index in [2.05, 4.69) is 15.5 Å². The molecule has 2 aromatic rings. The molecule has 0 atom stereocenters. The van der Waals surface area contributed by atoms with Crippen molar-refractivity contribution >= 4 is 0 Å². The first kappa shape index (κ1) is 8.07. The zero-order chi connectivity index (χ0) is 8.93. The third-order valence-corrected chi connectivity index (χ3v) is 1.78. The molecular formula is C9H11N3O. The summed E-state index contributed by atoms with van der Waals surface area (Å²) >= 11 is 0. The Balaban J connectivity index is 1.76. The lowest BCUT2D eigenvalue weighted by Gasteiger charge is -1.99. The predicted molar refractivity (Wildman–Crippen MR) is 47.8 cm³/mol. The van der Waals surface area contributed by atoms with Gasteiger partial charge < -0.3 is 9.73 Å². The summed E-state index contributed by atoms with van der Waals surface area (Å²) in [6, 6.07) is 3.89. The lowest BCUT2D eigenvalue weighted by molar-refractivity contribution is 0.560. The van der Waals surface area contributed by atoms with Crippen LogP contribution in [-0.2, 0) is 13.1 Å². The normalized spacial score (nSPS) is 10.5. The largest absolute Gasteiger partial charge is 0.472 e. The smallest absolute Gasteiger partial charge is 0.0947 e. The number of H-pyrrole nitrogens is 1. The molecular weight excluding hydrogens is 166 g/mol. The van der Waals surface area contributed by atoms with E-state index >= 15 is 0 Å². The number of hydrogen-bond donors (Lipinski definition) is 2. The fourth-order valence-corrected chi connectivity index (χ4v) is 1.12. The quantitative estimate of drug-likeness (QED) is 0.740. The number of furan rings is 1. The highest BCUT2D eigenvalue weighted by Gasteiger charge is 1.95. The Morgan fingerprint density at radius 2 is 2.38 bits per heavy atom. The molecule has 13 heavy (non-hydrogen) atoms. The molecule has 0 saturated carbocycles. The van der Waals surface area contributed by atoms with Crippen molar-refractivity contribution in [3.8, 4) is 0 Å². The first-order valence-corrected chi connectivity index (χ1v) is 4.15. The highest BCUT2D eigenvalue weighted by Crippen LogP contribution is 1.99. The molecule has 0 aromatic carbocycles. The van der Waals surface area contributed by atoms with Crippen LogP contribution in [-0.4, -0.2) is 10.2 Å². The third-order valence-electron chi connectivity index (χ3n) is 1.78. The summed E-state index contributed by atoms with van der Waals surface area (Å²) in [5.74, 6) is 0. The summed E-state index contributed by atoms with van der Waals surface area (Å²) in [5.41, 5.74) is 2.24. The van der Waals surface area contributed by atoms with Crippen molar-refractivity contribution in [2.75, 3.05) is 0 Å². The monoisotopic (exact) mass is 177 g/mol. The Bertz CT molecular complexity index is 291. The average Bonchev–Trinajstić information content (AvgIpc) is 2.75. The van der Waals surface area contributed by atoms with Crippen LogP contribution in [0.5, 0.6) is 0 Å². The van der Waals surface area contributed by atoms with Crippen molar-refractivity contribution in [1.82, 2.24) is 15.5 Å². The van der Waals surface area contributed by atoms with E-state index in [0.717, 1.165) is 24.3 Å². The van der Waals surface area contributed by atoms with Crippen LogP contribution in [0.4, 0.5) is 0 Å². The van der Waals surface area contributed by atoms with Crippen LogP contribution in [0.25, 0.3) is 0 Å². The Kier molecular flexibility index (Phi) is 2.43. The van der Waals surface area contributed by atoms with E-state index in [1.807, 2.05) is 12.1 Å². The van der Waals surface area contributed by atoms with Crippen LogP contribution >= 0.6 is 0 Å². The minimum atomic E-state index is 0.797. The van der Waals surface area contributed by atoms with Crippen molar-refractivity contribution in [2.24, 2.45) is 0 Å². The van der Waals surface area contributed by atoms with Gasteiger partial charge >= 0.3 is 0 Å². The minimum Gasteiger partial charge on any atom is -0.472 e. The number of hydrogen-bond acceptors (Lipinski definition) is 3. The molecule has 0 aliphatic rings. The van der Waals surface area contributed by atoms with Crippen LogP contribution in [0.15, 0.2) is 35.3 Å². The van der Waals surface area contributed by atoms with Crippen LogP contribution in [0.2, 0.25) is 0 Å². The highest BCUT2D eigenvalue weighted by atomic mass is 16.3. The maximum Gasteiger partial charge on any atom is 0.0947 e. The Hall–Kier alpha value is -1.55. The molecule has 0 amide bonds. The summed E-state index contributed by atoms with van der Waals surface area (Å²) < 4.78 is 4.94.